The van der Waals surface area contributed by atoms with E-state index in [2.05, 4.69) is 15.5 Å². The number of aromatic nitrogens is 2. The molecule has 136 valence electrons. The molecule has 0 saturated heterocycles. The molecule has 1 aromatic carbocycles. The van der Waals surface area contributed by atoms with E-state index in [0.29, 0.717) is 34.0 Å². The highest BCUT2D eigenvalue weighted by molar-refractivity contribution is 7.99. The number of nitrogens with one attached hydrogen (secondary N) is 1. The van der Waals surface area contributed by atoms with E-state index in [1.807, 2.05) is 13.8 Å². The molecule has 0 aliphatic heterocycles. The van der Waals surface area contributed by atoms with Crippen molar-refractivity contribution in [3.05, 3.63) is 18.0 Å². The third-order valence-corrected chi connectivity index (χ3v) is 4.01. The number of nitrogens with zero attached hydrogens (tertiary/aromatic N) is 2. The van der Waals surface area contributed by atoms with Crippen LogP contribution in [0, 0.1) is 0 Å². The molecule has 25 heavy (non-hydrogen) atoms. The molecule has 0 aliphatic rings. The summed E-state index contributed by atoms with van der Waals surface area (Å²) in [6.45, 7) is 3.91. The second kappa shape index (κ2) is 8.61. The van der Waals surface area contributed by atoms with Crippen molar-refractivity contribution in [3.63, 3.8) is 0 Å². The molecule has 1 heterocycles. The standard InChI is InChI=1S/C16H21N3O5S/c1-9(2)15-18-19-16(24-15)25-8-13(20)17-10-6-11(21-3)14(23-5)12(7-10)22-4/h6-7,9H,8H2,1-5H3,(H,17,20). The fraction of sp³-hybridized carbons (Fsp3) is 0.438. The number of benzene rings is 1. The fourth-order valence-electron chi connectivity index (χ4n) is 1.99. The molecule has 1 amide bonds. The van der Waals surface area contributed by atoms with Gasteiger partial charge in [0.05, 0.1) is 27.1 Å². The molecule has 0 aliphatic carbocycles. The molecule has 0 fully saturated rings. The molecule has 0 radical (unpaired) electrons. The molecule has 0 spiro atoms. The van der Waals surface area contributed by atoms with Gasteiger partial charge in [-0.1, -0.05) is 25.6 Å². The Balaban J connectivity index is 2.02. The number of carbonyl (C=O) groups is 1. The van der Waals surface area contributed by atoms with Gasteiger partial charge in [0.15, 0.2) is 11.5 Å². The molecular weight excluding hydrogens is 346 g/mol. The number of carbonyl (C=O) groups excluding carboxylic acids is 1. The van der Waals surface area contributed by atoms with Crippen LogP contribution < -0.4 is 19.5 Å². The lowest BCUT2D eigenvalue weighted by Crippen LogP contribution is -2.14. The zero-order valence-electron chi connectivity index (χ0n) is 14.8. The van der Waals surface area contributed by atoms with Gasteiger partial charge in [0.25, 0.3) is 5.22 Å². The van der Waals surface area contributed by atoms with E-state index < -0.39 is 0 Å². The van der Waals surface area contributed by atoms with Crippen LogP contribution in [0.15, 0.2) is 21.8 Å². The topological polar surface area (TPSA) is 95.7 Å². The van der Waals surface area contributed by atoms with Crippen molar-refractivity contribution >= 4 is 23.4 Å². The summed E-state index contributed by atoms with van der Waals surface area (Å²) in [7, 11) is 4.55. The van der Waals surface area contributed by atoms with Crippen LogP contribution in [0.5, 0.6) is 17.2 Å². The minimum absolute atomic E-state index is 0.135. The first-order valence-corrected chi connectivity index (χ1v) is 8.53. The number of thioether (sulfide) groups is 1. The lowest BCUT2D eigenvalue weighted by atomic mass is 10.2. The van der Waals surface area contributed by atoms with Gasteiger partial charge in [-0.05, 0) is 0 Å². The normalized spacial score (nSPS) is 10.6. The summed E-state index contributed by atoms with van der Waals surface area (Å²) in [5.41, 5.74) is 0.536. The smallest absolute Gasteiger partial charge is 0.277 e. The van der Waals surface area contributed by atoms with E-state index in [1.54, 1.807) is 12.1 Å². The molecule has 0 atom stereocenters. The minimum atomic E-state index is -0.219. The van der Waals surface area contributed by atoms with E-state index in [-0.39, 0.29) is 17.6 Å². The van der Waals surface area contributed by atoms with Crippen LogP contribution in [0.2, 0.25) is 0 Å². The number of hydrogen-bond donors (Lipinski definition) is 1. The van der Waals surface area contributed by atoms with Crippen molar-refractivity contribution in [3.8, 4) is 17.2 Å². The molecule has 2 aromatic rings. The molecule has 0 bridgehead atoms. The largest absolute Gasteiger partial charge is 0.493 e. The Labute approximate surface area is 150 Å². The Morgan fingerprint density at radius 3 is 2.28 bits per heavy atom. The lowest BCUT2D eigenvalue weighted by molar-refractivity contribution is -0.113. The summed E-state index contributed by atoms with van der Waals surface area (Å²) in [5, 5.41) is 11.0. The maximum absolute atomic E-state index is 12.1. The highest BCUT2D eigenvalue weighted by Gasteiger charge is 2.16. The lowest BCUT2D eigenvalue weighted by Gasteiger charge is -2.14. The van der Waals surface area contributed by atoms with Crippen molar-refractivity contribution in [2.24, 2.45) is 0 Å². The minimum Gasteiger partial charge on any atom is -0.493 e. The molecular formula is C16H21N3O5S. The summed E-state index contributed by atoms with van der Waals surface area (Å²) in [4.78, 5) is 12.1. The van der Waals surface area contributed by atoms with Crippen molar-refractivity contribution in [2.75, 3.05) is 32.4 Å². The zero-order valence-corrected chi connectivity index (χ0v) is 15.6. The van der Waals surface area contributed by atoms with Gasteiger partial charge < -0.3 is 23.9 Å². The van der Waals surface area contributed by atoms with Crippen LogP contribution in [0.4, 0.5) is 5.69 Å². The number of rotatable bonds is 8. The predicted molar refractivity (Wildman–Crippen MR) is 93.8 cm³/mol. The van der Waals surface area contributed by atoms with Crippen LogP contribution in [0.3, 0.4) is 0 Å². The Bertz CT molecular complexity index is 707. The summed E-state index contributed by atoms with van der Waals surface area (Å²) >= 11 is 1.17. The van der Waals surface area contributed by atoms with Crippen molar-refractivity contribution in [1.29, 1.82) is 0 Å². The first kappa shape index (κ1) is 18.9. The highest BCUT2D eigenvalue weighted by Crippen LogP contribution is 2.39. The maximum Gasteiger partial charge on any atom is 0.277 e. The van der Waals surface area contributed by atoms with Crippen LogP contribution in [0.1, 0.15) is 25.7 Å². The van der Waals surface area contributed by atoms with Gasteiger partial charge in [0.2, 0.25) is 17.5 Å². The van der Waals surface area contributed by atoms with Gasteiger partial charge >= 0.3 is 0 Å². The molecule has 8 nitrogen and oxygen atoms in total. The van der Waals surface area contributed by atoms with Crippen LogP contribution >= 0.6 is 11.8 Å². The first-order chi connectivity index (χ1) is 12.0. The zero-order chi connectivity index (χ0) is 18.4. The van der Waals surface area contributed by atoms with Gasteiger partial charge in [-0.25, -0.2) is 0 Å². The number of methoxy groups -OCH3 is 3. The maximum atomic E-state index is 12.1. The second-order valence-corrected chi connectivity index (χ2v) is 6.24. The van der Waals surface area contributed by atoms with Crippen molar-refractivity contribution in [2.45, 2.75) is 25.0 Å². The number of ether oxygens (including phenoxy) is 3. The van der Waals surface area contributed by atoms with Crippen LogP contribution in [-0.2, 0) is 4.79 Å². The first-order valence-electron chi connectivity index (χ1n) is 7.54. The van der Waals surface area contributed by atoms with Gasteiger partial charge in [-0.3, -0.25) is 4.79 Å². The van der Waals surface area contributed by atoms with Crippen molar-refractivity contribution in [1.82, 2.24) is 10.2 Å². The quantitative estimate of drug-likeness (QED) is 0.712. The number of hydrogen-bond acceptors (Lipinski definition) is 8. The number of amides is 1. The molecule has 0 saturated carbocycles. The Kier molecular flexibility index (Phi) is 6.51. The van der Waals surface area contributed by atoms with Gasteiger partial charge in [-0.15, -0.1) is 10.2 Å². The summed E-state index contributed by atoms with van der Waals surface area (Å²) in [6, 6.07) is 3.32. The van der Waals surface area contributed by atoms with Crippen LogP contribution in [-0.4, -0.2) is 43.2 Å². The van der Waals surface area contributed by atoms with E-state index in [9.17, 15) is 4.79 Å². The molecule has 9 heteroatoms. The molecule has 2 rings (SSSR count). The third kappa shape index (κ3) is 4.79. The average Bonchev–Trinajstić information content (AvgIpc) is 3.08. The van der Waals surface area contributed by atoms with E-state index >= 15 is 0 Å². The average molecular weight is 367 g/mol. The Morgan fingerprint density at radius 2 is 1.80 bits per heavy atom. The summed E-state index contributed by atoms with van der Waals surface area (Å²) < 4.78 is 21.2. The fourth-order valence-corrected chi connectivity index (χ4v) is 2.56. The van der Waals surface area contributed by atoms with Crippen LogP contribution in [0.25, 0.3) is 0 Å². The molecule has 1 aromatic heterocycles. The van der Waals surface area contributed by atoms with Gasteiger partial charge in [0.1, 0.15) is 0 Å². The van der Waals surface area contributed by atoms with Gasteiger partial charge in [-0.2, -0.15) is 0 Å². The monoisotopic (exact) mass is 367 g/mol. The Hall–Kier alpha value is -2.42. The van der Waals surface area contributed by atoms with Gasteiger partial charge in [0, 0.05) is 23.7 Å². The Morgan fingerprint density at radius 1 is 1.16 bits per heavy atom. The third-order valence-electron chi connectivity index (χ3n) is 3.19. The molecule has 0 unspecified atom stereocenters. The van der Waals surface area contributed by atoms with E-state index in [4.69, 9.17) is 18.6 Å². The predicted octanol–water partition coefficient (Wildman–Crippen LogP) is 2.95. The number of anilines is 1. The SMILES string of the molecule is COc1cc(NC(=O)CSc2nnc(C(C)C)o2)cc(OC)c1OC. The second-order valence-electron chi connectivity index (χ2n) is 5.31. The highest BCUT2D eigenvalue weighted by atomic mass is 32.2. The van der Waals surface area contributed by atoms with Crippen molar-refractivity contribution < 1.29 is 23.4 Å². The van der Waals surface area contributed by atoms with E-state index in [1.165, 1.54) is 33.1 Å². The van der Waals surface area contributed by atoms with E-state index in [0.717, 1.165) is 0 Å². The summed E-state index contributed by atoms with van der Waals surface area (Å²) in [5.74, 6) is 2.00. The molecule has 1 N–H and O–H groups in total. The summed E-state index contributed by atoms with van der Waals surface area (Å²) in [6.07, 6.45) is 0.